The third-order valence-corrected chi connectivity index (χ3v) is 18.4. The van der Waals surface area contributed by atoms with Gasteiger partial charge in [0, 0.05) is 121 Å². The second-order valence-electron chi connectivity index (χ2n) is 24.8. The van der Waals surface area contributed by atoms with Crippen LogP contribution >= 0.6 is 0 Å². The van der Waals surface area contributed by atoms with Crippen LogP contribution in [0.3, 0.4) is 0 Å². The van der Waals surface area contributed by atoms with Gasteiger partial charge in [-0.15, -0.1) is 0 Å². The van der Waals surface area contributed by atoms with Gasteiger partial charge in [0.05, 0.1) is 24.5 Å². The maximum Gasteiger partial charge on any atom is 0.410 e. The first-order valence-corrected chi connectivity index (χ1v) is 31.8. The number of piperidine rings is 1. The molecule has 0 aliphatic carbocycles. The molecule has 6 aliphatic rings. The summed E-state index contributed by atoms with van der Waals surface area (Å²) in [6, 6.07) is 26.7. The van der Waals surface area contributed by atoms with Crippen LogP contribution in [0.1, 0.15) is 72.2 Å². The van der Waals surface area contributed by atoms with E-state index in [0.29, 0.717) is 75.1 Å². The zero-order chi connectivity index (χ0) is 66.0. The Morgan fingerprint density at radius 2 is 1.05 bits per heavy atom. The van der Waals surface area contributed by atoms with Crippen molar-refractivity contribution in [2.24, 2.45) is 5.92 Å². The topological polar surface area (TPSA) is 156 Å². The van der Waals surface area contributed by atoms with Crippen LogP contribution in [0.4, 0.5) is 49.4 Å². The van der Waals surface area contributed by atoms with Crippen LogP contribution in [0, 0.1) is 32.9 Å². The lowest BCUT2D eigenvalue weighted by atomic mass is 9.96. The number of anilines is 4. The van der Waals surface area contributed by atoms with Crippen molar-refractivity contribution in [3.8, 4) is 12.0 Å². The second-order valence-corrected chi connectivity index (χ2v) is 24.8. The number of likely N-dealkylation sites (tertiary alicyclic amines) is 2. The number of fused-ring (bicyclic) bond motifs is 4. The number of carboxylic acids is 1. The number of allylic oxidation sites excluding steroid dienone is 2. The molecule has 0 radical (unpaired) electrons. The number of carbonyl (C=O) groups excluding carboxylic acids is 1. The van der Waals surface area contributed by atoms with Gasteiger partial charge in [0.25, 0.3) is 0 Å². The molecular weight excluding hydrogens is 1200 g/mol. The van der Waals surface area contributed by atoms with E-state index in [1.807, 2.05) is 4.90 Å². The van der Waals surface area contributed by atoms with E-state index in [2.05, 4.69) is 135 Å². The van der Waals surface area contributed by atoms with Gasteiger partial charge in [0.2, 0.25) is 19.0 Å². The molecule has 18 nitrogen and oxygen atoms in total. The Morgan fingerprint density at radius 1 is 0.581 bits per heavy atom. The summed E-state index contributed by atoms with van der Waals surface area (Å²) in [5.74, 6) is -0.204. The van der Waals surface area contributed by atoms with Gasteiger partial charge in [-0.25, -0.2) is 17.9 Å². The molecule has 0 unspecified atom stereocenters. The third-order valence-electron chi connectivity index (χ3n) is 18.4. The summed E-state index contributed by atoms with van der Waals surface area (Å²) in [4.78, 5) is 64.6. The first-order valence-electron chi connectivity index (χ1n) is 31.8. The van der Waals surface area contributed by atoms with Crippen molar-refractivity contribution in [1.29, 1.82) is 0 Å². The zero-order valence-electron chi connectivity index (χ0n) is 53.0. The molecule has 93 heavy (non-hydrogen) atoms. The van der Waals surface area contributed by atoms with Gasteiger partial charge < -0.3 is 58.6 Å². The number of carbonyl (C=O) groups is 2. The highest BCUT2D eigenvalue weighted by atomic mass is 19.4. The molecular formula is C69H79F6N13O5. The van der Waals surface area contributed by atoms with Crippen molar-refractivity contribution < 1.29 is 50.5 Å². The van der Waals surface area contributed by atoms with Crippen LogP contribution in [0.2, 0.25) is 0 Å². The predicted octanol–water partition coefficient (Wildman–Crippen LogP) is 11.3. The minimum Gasteiger partial charge on any atom is -0.478 e. The number of likely N-dealkylation sites (N-methyl/N-ethyl adjacent to an activating group) is 2. The van der Waals surface area contributed by atoms with Gasteiger partial charge in [0.1, 0.15) is 30.9 Å². The molecule has 2 aromatic heterocycles. The molecule has 1 amide bonds. The van der Waals surface area contributed by atoms with Gasteiger partial charge in [-0.1, -0.05) is 60.7 Å². The quantitative estimate of drug-likeness (QED) is 0.0624. The maximum atomic E-state index is 12.8. The van der Waals surface area contributed by atoms with Crippen LogP contribution < -0.4 is 29.1 Å². The first kappa shape index (κ1) is 67.2. The molecule has 1 N–H and O–H groups in total. The fraction of sp³-hybridized carbons (Fsp3) is 0.478. The number of carboxylic acid groups (broad SMARTS) is 1. The number of benzene rings is 4. The monoisotopic (exact) mass is 1280 g/mol. The number of hydrogen-bond donors (Lipinski definition) is 1. The lowest BCUT2D eigenvalue weighted by molar-refractivity contribution is -0.132. The number of halogens is 6. The van der Waals surface area contributed by atoms with Crippen molar-refractivity contribution in [2.45, 2.75) is 109 Å². The van der Waals surface area contributed by atoms with Crippen molar-refractivity contribution in [3.63, 3.8) is 0 Å². The molecule has 4 saturated heterocycles. The van der Waals surface area contributed by atoms with Crippen LogP contribution in [0.15, 0.2) is 97.1 Å². The number of nitrogens with zero attached hydrogens (tertiary/aromatic N) is 13. The number of ether oxygens (including phenoxy) is 2. The Kier molecular flexibility index (Phi) is 21.6. The van der Waals surface area contributed by atoms with Gasteiger partial charge in [0.15, 0.2) is 0 Å². The highest BCUT2D eigenvalue weighted by molar-refractivity contribution is 5.98. The van der Waals surface area contributed by atoms with Crippen molar-refractivity contribution in [2.75, 3.05) is 119 Å². The average Bonchev–Trinajstić information content (AvgIpc) is 0.860. The van der Waals surface area contributed by atoms with E-state index >= 15 is 0 Å². The smallest absolute Gasteiger partial charge is 0.410 e. The molecule has 0 spiro atoms. The van der Waals surface area contributed by atoms with Crippen LogP contribution in [-0.2, 0) is 35.5 Å². The molecule has 4 fully saturated rings. The molecule has 6 aliphatic heterocycles. The first-order chi connectivity index (χ1) is 44.6. The van der Waals surface area contributed by atoms with E-state index in [0.717, 1.165) is 113 Å². The number of piperazine rings is 1. The number of hydrogen-bond acceptors (Lipinski definition) is 14. The molecule has 492 valence electrons. The number of aliphatic carboxylic acids is 1. The maximum absolute atomic E-state index is 12.8. The fourth-order valence-electron chi connectivity index (χ4n) is 13.7. The molecule has 4 aromatic carbocycles. The minimum absolute atomic E-state index is 0.0268. The van der Waals surface area contributed by atoms with Gasteiger partial charge in [-0.2, -0.15) is 46.3 Å². The van der Waals surface area contributed by atoms with Gasteiger partial charge >= 0.3 is 30.3 Å². The number of amides is 1. The minimum atomic E-state index is -4.59. The number of aromatic nitrogens is 4. The summed E-state index contributed by atoms with van der Waals surface area (Å²) >= 11 is 0. The van der Waals surface area contributed by atoms with E-state index in [9.17, 15) is 35.9 Å². The fourth-order valence-corrected chi connectivity index (χ4v) is 13.7. The zero-order valence-corrected chi connectivity index (χ0v) is 53.0. The Labute approximate surface area is 538 Å². The molecule has 6 aromatic rings. The molecule has 12 rings (SSSR count). The SMILES string of the molecule is O=C(O)/C=C/C(F)(F)F.[C-]#[N+]C[C@@H]1CCCN(c2nc(OC[C@@H]3CCCN3C)nc3c2CCN(c2cccc4cccc(C)c24)C3)C1.[C-]#[N+]C[C@H]1CN(c2nc(OC[C@@H]3CCCN3C)nc3c2CCN(c2cccc4cccc(C)c24)C3)CCN1C(=O)/C=C/C(F)(F)F. The Morgan fingerprint density at radius 3 is 1.51 bits per heavy atom. The van der Waals surface area contributed by atoms with E-state index < -0.39 is 30.3 Å². The molecule has 4 atom stereocenters. The highest BCUT2D eigenvalue weighted by Gasteiger charge is 2.37. The van der Waals surface area contributed by atoms with Crippen LogP contribution in [0.5, 0.6) is 12.0 Å². The summed E-state index contributed by atoms with van der Waals surface area (Å²) < 4.78 is 84.1. The second kappa shape index (κ2) is 29.9. The van der Waals surface area contributed by atoms with Crippen molar-refractivity contribution in [1.82, 2.24) is 34.6 Å². The summed E-state index contributed by atoms with van der Waals surface area (Å²) in [6.45, 7) is 28.6. The predicted molar refractivity (Wildman–Crippen MR) is 347 cm³/mol. The lowest BCUT2D eigenvalue weighted by Gasteiger charge is -2.41. The number of alkyl halides is 6. The van der Waals surface area contributed by atoms with E-state index in [4.69, 9.17) is 47.7 Å². The largest absolute Gasteiger partial charge is 0.478 e. The third kappa shape index (κ3) is 16.9. The van der Waals surface area contributed by atoms with Gasteiger partial charge in [-0.3, -0.25) is 4.79 Å². The van der Waals surface area contributed by atoms with Crippen molar-refractivity contribution in [3.05, 3.63) is 154 Å². The van der Waals surface area contributed by atoms with Crippen LogP contribution in [0.25, 0.3) is 31.2 Å². The normalized spacial score (nSPS) is 20.4. The van der Waals surface area contributed by atoms with Crippen molar-refractivity contribution >= 4 is 56.4 Å². The van der Waals surface area contributed by atoms with Crippen LogP contribution in [-0.4, -0.2) is 181 Å². The van der Waals surface area contributed by atoms with E-state index in [1.54, 1.807) is 0 Å². The molecule has 0 saturated carbocycles. The van der Waals surface area contributed by atoms with E-state index in [-0.39, 0.29) is 43.9 Å². The Hall–Kier alpha value is -8.74. The average molecular weight is 1280 g/mol. The standard InChI is InChI=1S/C34H38F3N7O2.C31H38N6O.C4H3F3O2/c1-23-7-4-8-24-9-5-11-29(31(23)24)42-16-13-27-28(21-42)39-33(46-22-25-10-6-15-41(25)3)40-32(27)43-17-18-44(26(20-43)19-38-2)30(45)12-14-34(35,36)37;1-22-8-4-10-24-11-5-13-28(29(22)24)36-17-14-26-27(20-36)33-31(38-21-25-12-7-15-35(25)3)34-30(26)37-16-6-9-23(19-37)18-32-2;5-4(6,7)2-1-3(8)9/h4-5,7-9,11-12,14,25-26H,6,10,13,15-22H2,1,3H3;4-5,8,10-11,13,23,25H,6-7,9,12,14-21H2,1,3H3;1-2H,(H,8,9)/b14-12+;;2-1+/t25-,26-;23-,25-;/m00./s1. The number of aryl methyl sites for hydroxylation is 2. The Bertz CT molecular complexity index is 3790. The Balaban J connectivity index is 0.000000182. The number of rotatable bonds is 14. The summed E-state index contributed by atoms with van der Waals surface area (Å²) in [6.07, 6.45) is -0.570. The van der Waals surface area contributed by atoms with Gasteiger partial charge in [-0.05, 0) is 126 Å². The molecule has 0 bridgehead atoms. The summed E-state index contributed by atoms with van der Waals surface area (Å²) in [5, 5.41) is 12.7. The highest BCUT2D eigenvalue weighted by Crippen LogP contribution is 2.39. The summed E-state index contributed by atoms with van der Waals surface area (Å²) in [7, 11) is 4.27. The van der Waals surface area contributed by atoms with E-state index in [1.165, 1.54) is 55.2 Å². The molecule has 8 heterocycles. The summed E-state index contributed by atoms with van der Waals surface area (Å²) in [5.41, 5.74) is 9.12. The molecule has 24 heteroatoms. The lowest BCUT2D eigenvalue weighted by Crippen LogP contribution is -2.56.